The Morgan fingerprint density at radius 1 is 0.821 bits per heavy atom. The lowest BCUT2D eigenvalue weighted by Crippen LogP contribution is -2.66. The van der Waals surface area contributed by atoms with Crippen molar-refractivity contribution in [2.24, 2.45) is 57.7 Å². The van der Waals surface area contributed by atoms with Crippen molar-refractivity contribution in [1.29, 1.82) is 0 Å². The number of piperidine rings is 1. The molecule has 218 valence electrons. The van der Waals surface area contributed by atoms with E-state index in [-0.39, 0.29) is 58.0 Å². The second-order valence-corrected chi connectivity index (χ2v) is 15.5. The average molecular weight is 542 g/mol. The molecule has 0 aromatic carbocycles. The van der Waals surface area contributed by atoms with Gasteiger partial charge in [-0.1, -0.05) is 27.7 Å². The van der Waals surface area contributed by atoms with E-state index in [0.29, 0.717) is 17.8 Å². The maximum atomic E-state index is 14.3. The molecule has 4 saturated carbocycles. The summed E-state index contributed by atoms with van der Waals surface area (Å²) in [6.07, 6.45) is 8.20. The number of ketones is 3. The van der Waals surface area contributed by atoms with E-state index < -0.39 is 16.7 Å². The van der Waals surface area contributed by atoms with E-state index in [1.54, 1.807) is 20.8 Å². The van der Waals surface area contributed by atoms with Gasteiger partial charge in [0.25, 0.3) is 0 Å². The van der Waals surface area contributed by atoms with Crippen molar-refractivity contribution in [3.63, 3.8) is 0 Å². The number of aliphatic hydroxyl groups is 1. The maximum absolute atomic E-state index is 14.3. The quantitative estimate of drug-likeness (QED) is 0.483. The fourth-order valence-electron chi connectivity index (χ4n) is 12.5. The molecule has 4 aliphatic carbocycles. The number of fused-ring (bicyclic) bond motifs is 7. The predicted molar refractivity (Wildman–Crippen MR) is 149 cm³/mol. The molecule has 6 fully saturated rings. The lowest BCUT2D eigenvalue weighted by atomic mass is 9.42. The van der Waals surface area contributed by atoms with E-state index in [0.717, 1.165) is 64.3 Å². The summed E-state index contributed by atoms with van der Waals surface area (Å²) in [5.41, 5.74) is -3.85. The molecular formula is C33H51NO5. The van der Waals surface area contributed by atoms with E-state index in [9.17, 15) is 19.5 Å². The molecule has 6 heteroatoms. The minimum atomic E-state index is -1.47. The van der Waals surface area contributed by atoms with Gasteiger partial charge in [0.2, 0.25) is 0 Å². The highest BCUT2D eigenvalue weighted by Gasteiger charge is 2.87. The SMILES string of the molecule is CC(=O)C1(C(C)=O)[C@H]2[C@@H]3CC[C@H]4C[C@@H](O)CC[C@]4(C)[C@H]3CC[C@]2(C)[C@H]2[C@H](C)[C@]3(CC[C@H](C)CN3)O[C@]21C(C)=O. The Hall–Kier alpha value is -1.11. The number of carbonyl (C=O) groups excluding carboxylic acids is 3. The van der Waals surface area contributed by atoms with Gasteiger partial charge >= 0.3 is 0 Å². The van der Waals surface area contributed by atoms with Crippen molar-refractivity contribution in [2.75, 3.05) is 6.54 Å². The molecule has 0 aromatic rings. The van der Waals surface area contributed by atoms with Crippen molar-refractivity contribution < 1.29 is 24.2 Å². The summed E-state index contributed by atoms with van der Waals surface area (Å²) in [7, 11) is 0. The monoisotopic (exact) mass is 541 g/mol. The lowest BCUT2D eigenvalue weighted by molar-refractivity contribution is -0.210. The molecule has 2 heterocycles. The molecule has 6 aliphatic rings. The lowest BCUT2D eigenvalue weighted by Gasteiger charge is -2.62. The minimum absolute atomic E-state index is 0.00952. The number of ether oxygens (including phenoxy) is 1. The standard InChI is InChI=1S/C33H51NO5/c1-18-10-15-31(34-17-18)19(2)27-30(7)14-12-26-25(9-8-23-16-24(38)11-13-29(23,26)6)28(30)32(20(3)35,21(4)36)33(27,39-31)22(5)37/h18-19,23-28,34,38H,8-17H2,1-7H3/t18-,19-,23-,24-,25+,26-,27+,28-,29-,30+,31-,33+/m0/s1. The zero-order valence-electron chi connectivity index (χ0n) is 25.3. The third kappa shape index (κ3) is 3.18. The molecule has 0 aromatic heterocycles. The molecular weight excluding hydrogens is 490 g/mol. The first-order valence-corrected chi connectivity index (χ1v) is 15.9. The molecule has 1 spiro atoms. The molecule has 0 unspecified atom stereocenters. The summed E-state index contributed by atoms with van der Waals surface area (Å²) < 4.78 is 7.21. The zero-order valence-corrected chi connectivity index (χ0v) is 25.3. The molecule has 2 saturated heterocycles. The maximum Gasteiger partial charge on any atom is 0.163 e. The van der Waals surface area contributed by atoms with Crippen molar-refractivity contribution in [1.82, 2.24) is 5.32 Å². The summed E-state index contributed by atoms with van der Waals surface area (Å²) in [5, 5.41) is 14.2. The number of aliphatic hydroxyl groups excluding tert-OH is 1. The van der Waals surface area contributed by atoms with Gasteiger partial charge in [0, 0.05) is 18.4 Å². The van der Waals surface area contributed by atoms with E-state index in [1.807, 2.05) is 0 Å². The van der Waals surface area contributed by atoms with Gasteiger partial charge in [-0.2, -0.15) is 0 Å². The van der Waals surface area contributed by atoms with Crippen LogP contribution >= 0.6 is 0 Å². The normalized spacial score (nSPS) is 53.8. The number of hydrogen-bond donors (Lipinski definition) is 2. The fourth-order valence-corrected chi connectivity index (χ4v) is 12.5. The summed E-state index contributed by atoms with van der Waals surface area (Å²) in [5.74, 6) is 0.695. The first-order valence-electron chi connectivity index (χ1n) is 15.9. The van der Waals surface area contributed by atoms with Crippen LogP contribution in [0.15, 0.2) is 0 Å². The van der Waals surface area contributed by atoms with Crippen LogP contribution in [-0.2, 0) is 19.1 Å². The molecule has 6 rings (SSSR count). The highest BCUT2D eigenvalue weighted by atomic mass is 16.6. The number of hydrogen-bond acceptors (Lipinski definition) is 6. The van der Waals surface area contributed by atoms with Crippen LogP contribution in [0.5, 0.6) is 0 Å². The summed E-state index contributed by atoms with van der Waals surface area (Å²) in [6, 6.07) is 0. The van der Waals surface area contributed by atoms with Crippen LogP contribution in [-0.4, -0.2) is 46.4 Å². The molecule has 6 nitrogen and oxygen atoms in total. The Labute approximate surface area is 234 Å². The van der Waals surface area contributed by atoms with Crippen LogP contribution < -0.4 is 5.32 Å². The Morgan fingerprint density at radius 2 is 1.49 bits per heavy atom. The van der Waals surface area contributed by atoms with Crippen LogP contribution in [0.1, 0.15) is 106 Å². The van der Waals surface area contributed by atoms with E-state index in [4.69, 9.17) is 4.74 Å². The highest BCUT2D eigenvalue weighted by Crippen LogP contribution is 2.79. The van der Waals surface area contributed by atoms with Gasteiger partial charge in [0.1, 0.15) is 22.7 Å². The Morgan fingerprint density at radius 3 is 2.08 bits per heavy atom. The van der Waals surface area contributed by atoms with Crippen LogP contribution in [0.4, 0.5) is 0 Å². The third-order valence-electron chi connectivity index (χ3n) is 14.0. The summed E-state index contributed by atoms with van der Waals surface area (Å²) >= 11 is 0. The summed E-state index contributed by atoms with van der Waals surface area (Å²) in [4.78, 5) is 42.7. The second kappa shape index (κ2) is 8.70. The van der Waals surface area contributed by atoms with Crippen LogP contribution in [0.3, 0.4) is 0 Å². The van der Waals surface area contributed by atoms with Gasteiger partial charge in [0.05, 0.1) is 6.10 Å². The number of nitrogens with one attached hydrogen (secondary N) is 1. The van der Waals surface area contributed by atoms with Crippen LogP contribution in [0.25, 0.3) is 0 Å². The van der Waals surface area contributed by atoms with Crippen molar-refractivity contribution in [3.8, 4) is 0 Å². The van der Waals surface area contributed by atoms with Crippen LogP contribution in [0.2, 0.25) is 0 Å². The van der Waals surface area contributed by atoms with E-state index in [2.05, 4.69) is 33.0 Å². The zero-order chi connectivity index (χ0) is 28.3. The first-order chi connectivity index (χ1) is 18.2. The smallest absolute Gasteiger partial charge is 0.163 e. The van der Waals surface area contributed by atoms with Gasteiger partial charge in [0.15, 0.2) is 11.4 Å². The van der Waals surface area contributed by atoms with E-state index >= 15 is 0 Å². The molecule has 2 aliphatic heterocycles. The van der Waals surface area contributed by atoms with Crippen molar-refractivity contribution in [2.45, 2.75) is 124 Å². The summed E-state index contributed by atoms with van der Waals surface area (Å²) in [6.45, 7) is 14.7. The van der Waals surface area contributed by atoms with Crippen molar-refractivity contribution >= 4 is 17.3 Å². The molecule has 2 N–H and O–H groups in total. The molecule has 12 atom stereocenters. The van der Waals surface area contributed by atoms with Crippen LogP contribution in [0, 0.1) is 57.7 Å². The fraction of sp³-hybridized carbons (Fsp3) is 0.909. The molecule has 0 bridgehead atoms. The minimum Gasteiger partial charge on any atom is -0.393 e. The average Bonchev–Trinajstić information content (AvgIpc) is 3.25. The van der Waals surface area contributed by atoms with Gasteiger partial charge in [-0.25, -0.2) is 0 Å². The molecule has 39 heavy (non-hydrogen) atoms. The van der Waals surface area contributed by atoms with Gasteiger partial charge in [-0.3, -0.25) is 19.7 Å². The Balaban J connectivity index is 1.55. The van der Waals surface area contributed by atoms with E-state index in [1.165, 1.54) is 0 Å². The number of carbonyl (C=O) groups is 3. The third-order valence-corrected chi connectivity index (χ3v) is 14.0. The highest BCUT2D eigenvalue weighted by molar-refractivity contribution is 6.13. The predicted octanol–water partition coefficient (Wildman–Crippen LogP) is 5.10. The van der Waals surface area contributed by atoms with Gasteiger partial charge in [-0.15, -0.1) is 0 Å². The number of rotatable bonds is 3. The first kappa shape index (κ1) is 28.0. The number of Topliss-reactive ketones (excluding diaryl/α,β-unsaturated/α-hetero) is 3. The largest absolute Gasteiger partial charge is 0.393 e. The Kier molecular flexibility index (Phi) is 6.26. The topological polar surface area (TPSA) is 92.7 Å². The molecule has 0 amide bonds. The van der Waals surface area contributed by atoms with Gasteiger partial charge in [-0.05, 0) is 119 Å². The second-order valence-electron chi connectivity index (χ2n) is 15.5. The van der Waals surface area contributed by atoms with Crippen molar-refractivity contribution in [3.05, 3.63) is 0 Å². The van der Waals surface area contributed by atoms with Gasteiger partial charge < -0.3 is 9.84 Å². The Bertz CT molecular complexity index is 1060. The molecule has 0 radical (unpaired) electrons.